The fraction of sp³-hybridized carbons (Fsp3) is 0.0909. The minimum absolute atomic E-state index is 0.315. The summed E-state index contributed by atoms with van der Waals surface area (Å²) in [6.45, 7) is 0. The van der Waals surface area contributed by atoms with E-state index in [1.807, 2.05) is 0 Å². The van der Waals surface area contributed by atoms with Gasteiger partial charge in [0.1, 0.15) is 0 Å². The highest BCUT2D eigenvalue weighted by Crippen LogP contribution is 2.53. The summed E-state index contributed by atoms with van der Waals surface area (Å²) in [5.74, 6) is -2.53. The minimum atomic E-state index is -1.92. The van der Waals surface area contributed by atoms with E-state index in [0.717, 1.165) is 0 Å². The fourth-order valence-corrected chi connectivity index (χ4v) is 3.78. The van der Waals surface area contributed by atoms with Gasteiger partial charge >= 0.3 is 11.9 Å². The molecule has 0 aromatic heterocycles. The molecule has 5 heteroatoms. The van der Waals surface area contributed by atoms with Gasteiger partial charge in [-0.1, -0.05) is 84.9 Å². The zero-order valence-electron chi connectivity index (χ0n) is 14.2. The van der Waals surface area contributed by atoms with Crippen LogP contribution in [0.1, 0.15) is 22.3 Å². The Morgan fingerprint density at radius 1 is 0.593 bits per heavy atom. The van der Waals surface area contributed by atoms with Gasteiger partial charge in [0.15, 0.2) is 0 Å². The zero-order chi connectivity index (χ0) is 19.1. The number of ether oxygens (including phenoxy) is 1. The van der Waals surface area contributed by atoms with Gasteiger partial charge in [0.2, 0.25) is 11.2 Å². The van der Waals surface area contributed by atoms with Crippen molar-refractivity contribution in [1.82, 2.24) is 0 Å². The number of carboxylic acids is 2. The van der Waals surface area contributed by atoms with Crippen molar-refractivity contribution >= 4 is 11.9 Å². The second-order valence-corrected chi connectivity index (χ2v) is 6.35. The van der Waals surface area contributed by atoms with Gasteiger partial charge in [0.05, 0.1) is 0 Å². The van der Waals surface area contributed by atoms with Crippen LogP contribution in [-0.4, -0.2) is 22.2 Å². The number of rotatable bonds is 4. The summed E-state index contributed by atoms with van der Waals surface area (Å²) >= 11 is 0. The van der Waals surface area contributed by atoms with Crippen molar-refractivity contribution in [3.63, 3.8) is 0 Å². The fourth-order valence-electron chi connectivity index (χ4n) is 3.78. The van der Waals surface area contributed by atoms with Crippen LogP contribution < -0.4 is 0 Å². The molecule has 4 rings (SSSR count). The average molecular weight is 360 g/mol. The lowest BCUT2D eigenvalue weighted by Crippen LogP contribution is -2.44. The van der Waals surface area contributed by atoms with E-state index >= 15 is 0 Å². The highest BCUT2D eigenvalue weighted by Gasteiger charge is 2.63. The molecule has 1 heterocycles. The Hall–Kier alpha value is -3.44. The quantitative estimate of drug-likeness (QED) is 0.745. The molecular weight excluding hydrogens is 344 g/mol. The molecule has 0 fully saturated rings. The molecule has 1 aliphatic rings. The van der Waals surface area contributed by atoms with E-state index in [1.165, 1.54) is 0 Å². The van der Waals surface area contributed by atoms with E-state index in [-0.39, 0.29) is 0 Å². The van der Waals surface area contributed by atoms with Crippen molar-refractivity contribution in [3.05, 3.63) is 107 Å². The predicted molar refractivity (Wildman–Crippen MR) is 97.2 cm³/mol. The molecule has 1 aliphatic heterocycles. The number of benzene rings is 3. The molecule has 0 unspecified atom stereocenters. The molecule has 27 heavy (non-hydrogen) atoms. The third-order valence-electron chi connectivity index (χ3n) is 4.95. The van der Waals surface area contributed by atoms with E-state index in [9.17, 15) is 19.8 Å². The van der Waals surface area contributed by atoms with Crippen LogP contribution in [0, 0.1) is 0 Å². The molecule has 5 nitrogen and oxygen atoms in total. The van der Waals surface area contributed by atoms with E-state index in [0.29, 0.717) is 22.3 Å². The van der Waals surface area contributed by atoms with Gasteiger partial charge < -0.3 is 14.9 Å². The molecular formula is C22H16O5. The lowest BCUT2D eigenvalue weighted by atomic mass is 9.81. The summed E-state index contributed by atoms with van der Waals surface area (Å²) in [4.78, 5) is 25.0. The smallest absolute Gasteiger partial charge is 0.345 e. The van der Waals surface area contributed by atoms with E-state index < -0.39 is 23.1 Å². The Labute approximate surface area is 155 Å². The number of carbonyl (C=O) groups is 2. The van der Waals surface area contributed by atoms with Crippen LogP contribution in [0.15, 0.2) is 84.9 Å². The second-order valence-electron chi connectivity index (χ2n) is 6.35. The lowest BCUT2D eigenvalue weighted by molar-refractivity contribution is -0.186. The molecule has 0 spiro atoms. The van der Waals surface area contributed by atoms with Crippen molar-refractivity contribution in [2.45, 2.75) is 11.2 Å². The minimum Gasteiger partial charge on any atom is -0.479 e. The summed E-state index contributed by atoms with van der Waals surface area (Å²) in [7, 11) is 0. The summed E-state index contributed by atoms with van der Waals surface area (Å²) in [5, 5.41) is 20.4. The number of hydrogen-bond donors (Lipinski definition) is 2. The number of fused-ring (bicyclic) bond motifs is 1. The summed E-state index contributed by atoms with van der Waals surface area (Å²) < 4.78 is 6.10. The first-order chi connectivity index (χ1) is 13.0. The maximum Gasteiger partial charge on any atom is 0.345 e. The Kier molecular flexibility index (Phi) is 3.82. The van der Waals surface area contributed by atoms with E-state index in [1.54, 1.807) is 84.9 Å². The molecule has 0 saturated heterocycles. The van der Waals surface area contributed by atoms with Crippen LogP contribution in [0.4, 0.5) is 0 Å². The topological polar surface area (TPSA) is 83.8 Å². The van der Waals surface area contributed by atoms with Crippen LogP contribution in [-0.2, 0) is 25.5 Å². The zero-order valence-corrected chi connectivity index (χ0v) is 14.2. The van der Waals surface area contributed by atoms with Crippen LogP contribution in [0.3, 0.4) is 0 Å². The third kappa shape index (κ3) is 2.22. The summed E-state index contributed by atoms with van der Waals surface area (Å²) in [6.07, 6.45) is 0. The second kappa shape index (κ2) is 6.07. The molecule has 0 bridgehead atoms. The molecule has 134 valence electrons. The van der Waals surface area contributed by atoms with Crippen molar-refractivity contribution in [1.29, 1.82) is 0 Å². The predicted octanol–water partition coefficient (Wildman–Crippen LogP) is 3.37. The van der Waals surface area contributed by atoms with Gasteiger partial charge in [-0.25, -0.2) is 9.59 Å². The summed E-state index contributed by atoms with van der Waals surface area (Å²) in [6, 6.07) is 23.5. The first-order valence-corrected chi connectivity index (χ1v) is 8.41. The largest absolute Gasteiger partial charge is 0.479 e. The van der Waals surface area contributed by atoms with Gasteiger partial charge in [0, 0.05) is 11.1 Å². The normalized spacial score (nSPS) is 23.6. The van der Waals surface area contributed by atoms with Crippen LogP contribution >= 0.6 is 0 Å². The monoisotopic (exact) mass is 360 g/mol. The Bertz CT molecular complexity index is 933. The molecule has 0 amide bonds. The molecule has 0 saturated carbocycles. The molecule has 3 aromatic rings. The Balaban J connectivity index is 2.10. The molecule has 2 N–H and O–H groups in total. The van der Waals surface area contributed by atoms with Crippen molar-refractivity contribution in [2.75, 3.05) is 0 Å². The SMILES string of the molecule is O=C(O)[C@]1(c2ccccc2)O[C@@](C(=O)O)(c2ccccc2)c2ccccc21. The van der Waals surface area contributed by atoms with Gasteiger partial charge in [-0.15, -0.1) is 0 Å². The average Bonchev–Trinajstić information content (AvgIpc) is 3.03. The maximum absolute atomic E-state index is 12.5. The number of aliphatic carboxylic acids is 2. The number of hydrogen-bond acceptors (Lipinski definition) is 3. The van der Waals surface area contributed by atoms with Crippen LogP contribution in [0.2, 0.25) is 0 Å². The van der Waals surface area contributed by atoms with Gasteiger partial charge in [0.25, 0.3) is 0 Å². The molecule has 3 aromatic carbocycles. The first kappa shape index (κ1) is 17.0. The molecule has 2 atom stereocenters. The van der Waals surface area contributed by atoms with Crippen molar-refractivity contribution < 1.29 is 24.5 Å². The van der Waals surface area contributed by atoms with Gasteiger partial charge in [-0.05, 0) is 11.1 Å². The van der Waals surface area contributed by atoms with Crippen molar-refractivity contribution in [2.24, 2.45) is 0 Å². The summed E-state index contributed by atoms with van der Waals surface area (Å²) in [5.41, 5.74) is -2.49. The first-order valence-electron chi connectivity index (χ1n) is 8.41. The third-order valence-corrected chi connectivity index (χ3v) is 4.95. The van der Waals surface area contributed by atoms with Gasteiger partial charge in [-0.3, -0.25) is 0 Å². The van der Waals surface area contributed by atoms with Crippen LogP contribution in [0.25, 0.3) is 0 Å². The highest BCUT2D eigenvalue weighted by molar-refractivity contribution is 5.93. The Morgan fingerprint density at radius 2 is 0.926 bits per heavy atom. The highest BCUT2D eigenvalue weighted by atomic mass is 16.6. The van der Waals surface area contributed by atoms with Crippen LogP contribution in [0.5, 0.6) is 0 Å². The van der Waals surface area contributed by atoms with Crippen molar-refractivity contribution in [3.8, 4) is 0 Å². The molecule has 0 aliphatic carbocycles. The number of carboxylic acid groups (broad SMARTS) is 2. The standard InChI is InChI=1S/C22H16O5/c23-19(24)21(15-9-3-1-4-10-15)17-13-7-8-14-18(17)22(27-21,20(25)26)16-11-5-2-6-12-16/h1-14H,(H,23,24)(H,25,26)/t21-,22+. The Morgan fingerprint density at radius 3 is 1.26 bits per heavy atom. The maximum atomic E-state index is 12.5. The molecule has 0 radical (unpaired) electrons. The van der Waals surface area contributed by atoms with E-state index in [2.05, 4.69) is 0 Å². The van der Waals surface area contributed by atoms with E-state index in [4.69, 9.17) is 4.74 Å². The van der Waals surface area contributed by atoms with Gasteiger partial charge in [-0.2, -0.15) is 0 Å². The lowest BCUT2D eigenvalue weighted by Gasteiger charge is -2.31.